The Morgan fingerprint density at radius 2 is 1.81 bits per heavy atom. The summed E-state index contributed by atoms with van der Waals surface area (Å²) >= 11 is 0. The summed E-state index contributed by atoms with van der Waals surface area (Å²) in [5.41, 5.74) is 2.00. The minimum atomic E-state index is -0.342. The fourth-order valence-corrected chi connectivity index (χ4v) is 3.34. The van der Waals surface area contributed by atoms with E-state index >= 15 is 0 Å². The molecule has 26 heavy (non-hydrogen) atoms. The third kappa shape index (κ3) is 4.48. The van der Waals surface area contributed by atoms with Crippen LogP contribution in [0.5, 0.6) is 11.5 Å². The van der Waals surface area contributed by atoms with Gasteiger partial charge in [0.25, 0.3) is 0 Å². The number of ether oxygens (including phenoxy) is 3. The molecule has 0 saturated heterocycles. The van der Waals surface area contributed by atoms with Crippen LogP contribution in [0.3, 0.4) is 0 Å². The maximum absolute atomic E-state index is 12.8. The van der Waals surface area contributed by atoms with Crippen molar-refractivity contribution < 1.29 is 23.8 Å². The largest absolute Gasteiger partial charge is 0.493 e. The molecule has 0 aliphatic carbocycles. The summed E-state index contributed by atoms with van der Waals surface area (Å²) < 4.78 is 15.7. The van der Waals surface area contributed by atoms with E-state index in [0.717, 1.165) is 24.0 Å². The van der Waals surface area contributed by atoms with Gasteiger partial charge in [0, 0.05) is 13.0 Å². The van der Waals surface area contributed by atoms with Gasteiger partial charge < -0.3 is 19.1 Å². The van der Waals surface area contributed by atoms with Crippen molar-refractivity contribution in [3.63, 3.8) is 0 Å². The van der Waals surface area contributed by atoms with Crippen LogP contribution in [-0.4, -0.2) is 44.7 Å². The molecular weight excluding hydrogens is 334 g/mol. The van der Waals surface area contributed by atoms with E-state index in [1.807, 2.05) is 17.0 Å². The summed E-state index contributed by atoms with van der Waals surface area (Å²) in [6.45, 7) is 4.78. The predicted octanol–water partition coefficient (Wildman–Crippen LogP) is 3.13. The molecule has 0 bridgehead atoms. The van der Waals surface area contributed by atoms with Gasteiger partial charge in [-0.3, -0.25) is 9.59 Å². The van der Waals surface area contributed by atoms with Crippen LogP contribution in [0.1, 0.15) is 50.3 Å². The Hall–Kier alpha value is -2.24. The van der Waals surface area contributed by atoms with Crippen molar-refractivity contribution in [2.24, 2.45) is 5.92 Å². The van der Waals surface area contributed by atoms with Crippen molar-refractivity contribution in [2.45, 2.75) is 45.6 Å². The number of hydrogen-bond donors (Lipinski definition) is 0. The Balaban J connectivity index is 2.38. The Kier molecular flexibility index (Phi) is 6.89. The molecule has 1 aliphatic rings. The zero-order valence-corrected chi connectivity index (χ0v) is 16.3. The van der Waals surface area contributed by atoms with Crippen LogP contribution in [0.2, 0.25) is 0 Å². The van der Waals surface area contributed by atoms with Gasteiger partial charge in [0.05, 0.1) is 33.8 Å². The van der Waals surface area contributed by atoms with Gasteiger partial charge in [-0.25, -0.2) is 0 Å². The lowest BCUT2D eigenvalue weighted by atomic mass is 9.89. The summed E-state index contributed by atoms with van der Waals surface area (Å²) in [6.07, 6.45) is 2.17. The lowest BCUT2D eigenvalue weighted by molar-refractivity contribution is -0.144. The van der Waals surface area contributed by atoms with Gasteiger partial charge in [0.15, 0.2) is 11.5 Å². The third-order valence-electron chi connectivity index (χ3n) is 4.85. The molecule has 1 aromatic rings. The Bertz CT molecular complexity index is 656. The van der Waals surface area contributed by atoms with Gasteiger partial charge in [0.2, 0.25) is 5.91 Å². The van der Waals surface area contributed by atoms with Crippen molar-refractivity contribution in [1.29, 1.82) is 0 Å². The fraction of sp³-hybridized carbons (Fsp3) is 0.600. The summed E-state index contributed by atoms with van der Waals surface area (Å²) in [7, 11) is 4.54. The quantitative estimate of drug-likeness (QED) is 0.697. The monoisotopic (exact) mass is 363 g/mol. The van der Waals surface area contributed by atoms with Crippen LogP contribution in [0, 0.1) is 5.92 Å². The maximum atomic E-state index is 12.8. The number of benzene rings is 1. The number of nitrogens with zero attached hydrogens (tertiary/aromatic N) is 1. The Morgan fingerprint density at radius 3 is 2.38 bits per heavy atom. The first kappa shape index (κ1) is 20.1. The second-order valence-electron chi connectivity index (χ2n) is 6.97. The highest BCUT2D eigenvalue weighted by molar-refractivity contribution is 5.79. The van der Waals surface area contributed by atoms with E-state index in [2.05, 4.69) is 13.8 Å². The molecule has 6 heteroatoms. The number of rotatable bonds is 7. The summed E-state index contributed by atoms with van der Waals surface area (Å²) in [5.74, 6) is 1.45. The van der Waals surface area contributed by atoms with Gasteiger partial charge in [-0.1, -0.05) is 13.8 Å². The van der Waals surface area contributed by atoms with E-state index in [9.17, 15) is 9.59 Å². The molecule has 2 rings (SSSR count). The molecule has 0 fully saturated rings. The van der Waals surface area contributed by atoms with Crippen molar-refractivity contribution in [2.75, 3.05) is 27.9 Å². The van der Waals surface area contributed by atoms with Crippen LogP contribution in [0.15, 0.2) is 12.1 Å². The molecule has 1 aromatic carbocycles. The van der Waals surface area contributed by atoms with Gasteiger partial charge in [-0.15, -0.1) is 0 Å². The summed E-state index contributed by atoms with van der Waals surface area (Å²) in [4.78, 5) is 26.6. The maximum Gasteiger partial charge on any atom is 0.307 e. The number of carbonyl (C=O) groups is 2. The van der Waals surface area contributed by atoms with Crippen LogP contribution < -0.4 is 9.47 Å². The van der Waals surface area contributed by atoms with Gasteiger partial charge in [-0.2, -0.15) is 0 Å². The second kappa shape index (κ2) is 8.92. The number of methoxy groups -OCH3 is 3. The molecule has 6 nitrogen and oxygen atoms in total. The predicted molar refractivity (Wildman–Crippen MR) is 98.4 cm³/mol. The highest BCUT2D eigenvalue weighted by Crippen LogP contribution is 2.39. The molecule has 1 unspecified atom stereocenters. The Labute approximate surface area is 155 Å². The van der Waals surface area contributed by atoms with Gasteiger partial charge in [-0.05, 0) is 42.0 Å². The third-order valence-corrected chi connectivity index (χ3v) is 4.85. The lowest BCUT2D eigenvalue weighted by Crippen LogP contribution is -2.41. The van der Waals surface area contributed by atoms with E-state index in [-0.39, 0.29) is 24.3 Å². The lowest BCUT2D eigenvalue weighted by Gasteiger charge is -2.37. The molecule has 1 atom stereocenters. The average Bonchev–Trinajstić information content (AvgIpc) is 2.64. The summed E-state index contributed by atoms with van der Waals surface area (Å²) in [6, 6.07) is 3.48. The van der Waals surface area contributed by atoms with Crippen LogP contribution >= 0.6 is 0 Å². The molecule has 1 aliphatic heterocycles. The molecule has 0 N–H and O–H groups in total. The number of esters is 1. The fourth-order valence-electron chi connectivity index (χ4n) is 3.34. The first-order valence-electron chi connectivity index (χ1n) is 9.02. The van der Waals surface area contributed by atoms with E-state index in [1.165, 1.54) is 7.11 Å². The molecule has 144 valence electrons. The second-order valence-corrected chi connectivity index (χ2v) is 6.97. The Morgan fingerprint density at radius 1 is 1.15 bits per heavy atom. The number of fused-ring (bicyclic) bond motifs is 1. The van der Waals surface area contributed by atoms with E-state index in [0.29, 0.717) is 30.4 Å². The van der Waals surface area contributed by atoms with Crippen molar-refractivity contribution in [3.8, 4) is 11.5 Å². The van der Waals surface area contributed by atoms with E-state index in [4.69, 9.17) is 14.2 Å². The highest BCUT2D eigenvalue weighted by atomic mass is 16.5. The number of carbonyl (C=O) groups excluding carboxylic acids is 2. The van der Waals surface area contributed by atoms with Gasteiger partial charge in [0.1, 0.15) is 0 Å². The van der Waals surface area contributed by atoms with Crippen LogP contribution in [0.4, 0.5) is 0 Å². The molecule has 0 spiro atoms. The molecule has 0 radical (unpaired) electrons. The summed E-state index contributed by atoms with van der Waals surface area (Å²) in [5, 5.41) is 0. The van der Waals surface area contributed by atoms with Crippen LogP contribution in [-0.2, 0) is 20.7 Å². The normalized spacial score (nSPS) is 16.2. The molecule has 0 saturated carbocycles. The topological polar surface area (TPSA) is 65.1 Å². The number of hydrogen-bond acceptors (Lipinski definition) is 5. The standard InChI is InChI=1S/C20H29NO5/c1-13(2)6-7-19(22)21-9-8-14-10-17(24-3)18(25-4)11-15(14)16(21)12-20(23)26-5/h10-11,13,16H,6-9,12H2,1-5H3. The molecule has 1 heterocycles. The number of amides is 1. The molecule has 0 aromatic heterocycles. The van der Waals surface area contributed by atoms with Crippen molar-refractivity contribution in [1.82, 2.24) is 4.90 Å². The minimum Gasteiger partial charge on any atom is -0.493 e. The zero-order chi connectivity index (χ0) is 19.3. The highest BCUT2D eigenvalue weighted by Gasteiger charge is 2.33. The zero-order valence-electron chi connectivity index (χ0n) is 16.3. The van der Waals surface area contributed by atoms with Crippen molar-refractivity contribution >= 4 is 11.9 Å². The van der Waals surface area contributed by atoms with Crippen LogP contribution in [0.25, 0.3) is 0 Å². The van der Waals surface area contributed by atoms with Crippen molar-refractivity contribution in [3.05, 3.63) is 23.3 Å². The molecule has 1 amide bonds. The smallest absolute Gasteiger partial charge is 0.307 e. The average molecular weight is 363 g/mol. The van der Waals surface area contributed by atoms with E-state index < -0.39 is 0 Å². The van der Waals surface area contributed by atoms with E-state index in [1.54, 1.807) is 14.2 Å². The first-order chi connectivity index (χ1) is 12.4. The SMILES string of the molecule is COC(=O)CC1c2cc(OC)c(OC)cc2CCN1C(=O)CCC(C)C. The molecular formula is C20H29NO5. The van der Waals surface area contributed by atoms with Gasteiger partial charge >= 0.3 is 5.97 Å². The minimum absolute atomic E-state index is 0.0769. The first-order valence-corrected chi connectivity index (χ1v) is 9.02.